The molecule has 1 aromatic carbocycles. The molecule has 1 aliphatic carbocycles. The molecule has 0 spiro atoms. The van der Waals surface area contributed by atoms with E-state index in [-0.39, 0.29) is 0 Å². The molecule has 0 unspecified atom stereocenters. The molecule has 2 aliphatic rings. The molecular weight excluding hydrogens is 370 g/mol. The second-order valence-corrected chi connectivity index (χ2v) is 8.81. The lowest BCUT2D eigenvalue weighted by Crippen LogP contribution is -2.35. The molecule has 2 atom stereocenters. The number of hydrogen-bond acceptors (Lipinski definition) is 4. The maximum Gasteiger partial charge on any atom is 0.225 e. The van der Waals surface area contributed by atoms with E-state index in [1.165, 1.54) is 49.5 Å². The van der Waals surface area contributed by atoms with Gasteiger partial charge in [0.15, 0.2) is 0 Å². The van der Waals surface area contributed by atoms with Crippen LogP contribution in [0, 0.1) is 17.8 Å². The quantitative estimate of drug-likeness (QED) is 0.646. The highest BCUT2D eigenvalue weighted by molar-refractivity contribution is 6.30. The Kier molecular flexibility index (Phi) is 4.93. The Morgan fingerprint density at radius 3 is 2.75 bits per heavy atom. The van der Waals surface area contributed by atoms with Crippen molar-refractivity contribution in [2.24, 2.45) is 17.8 Å². The summed E-state index contributed by atoms with van der Waals surface area (Å²) in [6.45, 7) is 2.14. The van der Waals surface area contributed by atoms with Gasteiger partial charge in [0.2, 0.25) is 5.95 Å². The molecule has 146 valence electrons. The topological polar surface area (TPSA) is 57.7 Å². The van der Waals surface area contributed by atoms with Crippen molar-refractivity contribution in [1.29, 1.82) is 0 Å². The number of benzene rings is 1. The number of fused-ring (bicyclic) bond motifs is 1. The first-order chi connectivity index (χ1) is 13.8. The van der Waals surface area contributed by atoms with Crippen LogP contribution in [0.25, 0.3) is 10.9 Å². The number of aromatic amines is 1. The molecule has 5 rings (SSSR count). The van der Waals surface area contributed by atoms with Gasteiger partial charge in [-0.15, -0.1) is 0 Å². The van der Waals surface area contributed by atoms with E-state index in [9.17, 15) is 0 Å². The average molecular weight is 396 g/mol. The number of aryl methyl sites for hydroxylation is 1. The van der Waals surface area contributed by atoms with Crippen molar-refractivity contribution < 1.29 is 0 Å². The minimum atomic E-state index is 0.601. The van der Waals surface area contributed by atoms with Crippen molar-refractivity contribution in [3.8, 4) is 0 Å². The van der Waals surface area contributed by atoms with Gasteiger partial charge >= 0.3 is 0 Å². The SMILES string of the molecule is Clc1cnc(N2CCC([C@H]3C[C@H]3CCCc3ccc4cn[nH]c4c3)CC2)nc1. The normalized spacial score (nSPS) is 22.7. The third-order valence-electron chi connectivity index (χ3n) is 6.56. The minimum absolute atomic E-state index is 0.601. The van der Waals surface area contributed by atoms with E-state index >= 15 is 0 Å². The minimum Gasteiger partial charge on any atom is -0.341 e. The molecule has 0 radical (unpaired) electrons. The van der Waals surface area contributed by atoms with Crippen LogP contribution in [0.3, 0.4) is 0 Å². The van der Waals surface area contributed by atoms with Crippen molar-refractivity contribution in [2.75, 3.05) is 18.0 Å². The van der Waals surface area contributed by atoms with Crippen LogP contribution in [-0.4, -0.2) is 33.3 Å². The molecular formula is C22H26ClN5. The zero-order valence-corrected chi connectivity index (χ0v) is 16.8. The lowest BCUT2D eigenvalue weighted by molar-refractivity contribution is 0.341. The maximum absolute atomic E-state index is 5.89. The lowest BCUT2D eigenvalue weighted by atomic mass is 9.90. The summed E-state index contributed by atoms with van der Waals surface area (Å²) in [7, 11) is 0. The third kappa shape index (κ3) is 3.86. The van der Waals surface area contributed by atoms with E-state index < -0.39 is 0 Å². The predicted molar refractivity (Wildman–Crippen MR) is 113 cm³/mol. The van der Waals surface area contributed by atoms with Crippen LogP contribution in [0.1, 0.15) is 37.7 Å². The molecule has 3 aromatic rings. The first-order valence-corrected chi connectivity index (χ1v) is 10.8. The Morgan fingerprint density at radius 1 is 1.11 bits per heavy atom. The predicted octanol–water partition coefficient (Wildman–Crippen LogP) is 4.88. The number of piperidine rings is 1. The van der Waals surface area contributed by atoms with Crippen molar-refractivity contribution in [1.82, 2.24) is 20.2 Å². The molecule has 3 heterocycles. The van der Waals surface area contributed by atoms with Gasteiger partial charge in [0.05, 0.1) is 29.1 Å². The number of hydrogen-bond donors (Lipinski definition) is 1. The average Bonchev–Trinajstić information content (AvgIpc) is 3.34. The summed E-state index contributed by atoms with van der Waals surface area (Å²) < 4.78 is 0. The largest absolute Gasteiger partial charge is 0.341 e. The van der Waals surface area contributed by atoms with Crippen molar-refractivity contribution in [3.63, 3.8) is 0 Å². The number of nitrogens with one attached hydrogen (secondary N) is 1. The first kappa shape index (κ1) is 17.9. The van der Waals surface area contributed by atoms with Gasteiger partial charge in [-0.1, -0.05) is 23.7 Å². The van der Waals surface area contributed by atoms with Gasteiger partial charge in [0.25, 0.3) is 0 Å². The fraction of sp³-hybridized carbons (Fsp3) is 0.500. The fourth-order valence-corrected chi connectivity index (χ4v) is 4.98. The van der Waals surface area contributed by atoms with Crippen LogP contribution >= 0.6 is 11.6 Å². The van der Waals surface area contributed by atoms with Crippen LogP contribution < -0.4 is 4.90 Å². The van der Waals surface area contributed by atoms with Crippen molar-refractivity contribution >= 4 is 28.5 Å². The Balaban J connectivity index is 1.06. The Hall–Kier alpha value is -2.14. The molecule has 2 fully saturated rings. The van der Waals surface area contributed by atoms with E-state index in [0.29, 0.717) is 5.02 Å². The monoisotopic (exact) mass is 395 g/mol. The first-order valence-electron chi connectivity index (χ1n) is 10.4. The van der Waals surface area contributed by atoms with Gasteiger partial charge in [-0.25, -0.2) is 9.97 Å². The van der Waals surface area contributed by atoms with Gasteiger partial charge in [-0.2, -0.15) is 5.10 Å². The summed E-state index contributed by atoms with van der Waals surface area (Å²) in [6.07, 6.45) is 13.1. The van der Waals surface area contributed by atoms with Gasteiger partial charge in [-0.3, -0.25) is 5.10 Å². The zero-order valence-electron chi connectivity index (χ0n) is 16.0. The van der Waals surface area contributed by atoms with Gasteiger partial charge in [0, 0.05) is 18.5 Å². The summed E-state index contributed by atoms with van der Waals surface area (Å²) in [6, 6.07) is 6.67. The highest BCUT2D eigenvalue weighted by Crippen LogP contribution is 2.50. The number of halogens is 1. The van der Waals surface area contributed by atoms with Gasteiger partial charge < -0.3 is 4.90 Å². The molecule has 0 bridgehead atoms. The van der Waals surface area contributed by atoms with Crippen LogP contribution in [0.5, 0.6) is 0 Å². The van der Waals surface area contributed by atoms with E-state index in [0.717, 1.165) is 42.3 Å². The molecule has 2 aromatic heterocycles. The summed E-state index contributed by atoms with van der Waals surface area (Å²) >= 11 is 5.89. The second-order valence-electron chi connectivity index (χ2n) is 8.37. The molecule has 1 aliphatic heterocycles. The molecule has 6 heteroatoms. The summed E-state index contributed by atoms with van der Waals surface area (Å²) in [5.41, 5.74) is 2.57. The number of H-pyrrole nitrogens is 1. The number of nitrogens with zero attached hydrogens (tertiary/aromatic N) is 4. The summed E-state index contributed by atoms with van der Waals surface area (Å²) in [5.74, 6) is 3.60. The molecule has 28 heavy (non-hydrogen) atoms. The van der Waals surface area contributed by atoms with Gasteiger partial charge in [-0.05, 0) is 67.9 Å². The van der Waals surface area contributed by atoms with Crippen molar-refractivity contribution in [2.45, 2.75) is 38.5 Å². The number of rotatable bonds is 6. The van der Waals surface area contributed by atoms with E-state index in [4.69, 9.17) is 11.6 Å². The van der Waals surface area contributed by atoms with Crippen LogP contribution in [0.15, 0.2) is 36.8 Å². The van der Waals surface area contributed by atoms with Crippen molar-refractivity contribution in [3.05, 3.63) is 47.4 Å². The Labute approximate surface area is 170 Å². The zero-order chi connectivity index (χ0) is 18.9. The number of anilines is 1. The fourth-order valence-electron chi connectivity index (χ4n) is 4.88. The Bertz CT molecular complexity index is 930. The summed E-state index contributed by atoms with van der Waals surface area (Å²) in [5, 5.41) is 8.98. The summed E-state index contributed by atoms with van der Waals surface area (Å²) in [4.78, 5) is 11.0. The smallest absolute Gasteiger partial charge is 0.225 e. The highest BCUT2D eigenvalue weighted by atomic mass is 35.5. The molecule has 1 N–H and O–H groups in total. The molecule has 5 nitrogen and oxygen atoms in total. The van der Waals surface area contributed by atoms with E-state index in [2.05, 4.69) is 43.3 Å². The Morgan fingerprint density at radius 2 is 1.93 bits per heavy atom. The van der Waals surface area contributed by atoms with Gasteiger partial charge in [0.1, 0.15) is 0 Å². The van der Waals surface area contributed by atoms with Crippen LogP contribution in [0.2, 0.25) is 5.02 Å². The maximum atomic E-state index is 5.89. The third-order valence-corrected chi connectivity index (χ3v) is 6.75. The lowest BCUT2D eigenvalue weighted by Gasteiger charge is -2.32. The molecule has 0 amide bonds. The number of aromatic nitrogens is 4. The van der Waals surface area contributed by atoms with E-state index in [1.807, 2.05) is 6.20 Å². The van der Waals surface area contributed by atoms with Crippen LogP contribution in [0.4, 0.5) is 5.95 Å². The highest BCUT2D eigenvalue weighted by Gasteiger charge is 2.42. The standard InChI is InChI=1S/C22H26ClN5/c23-19-13-24-22(25-14-19)28-8-6-16(7-9-28)20-11-17(20)3-1-2-15-4-5-18-12-26-27-21(18)10-15/h4-5,10,12-14,16-17,20H,1-3,6-9,11H2,(H,26,27)/t17-,20-/m1/s1. The van der Waals surface area contributed by atoms with Crippen LogP contribution in [-0.2, 0) is 6.42 Å². The second kappa shape index (κ2) is 7.70. The molecule has 1 saturated heterocycles. The molecule has 1 saturated carbocycles. The van der Waals surface area contributed by atoms with E-state index in [1.54, 1.807) is 12.4 Å².